The fraction of sp³-hybridized carbons (Fsp3) is 0.208. The number of aromatic nitrogens is 1. The van der Waals surface area contributed by atoms with Crippen LogP contribution in [0.5, 0.6) is 0 Å². The fourth-order valence-corrected chi connectivity index (χ4v) is 6.08. The number of anilines is 1. The van der Waals surface area contributed by atoms with Gasteiger partial charge in [-0.05, 0) is 54.6 Å². The van der Waals surface area contributed by atoms with E-state index in [0.29, 0.717) is 6.54 Å². The van der Waals surface area contributed by atoms with Crippen LogP contribution in [0.25, 0.3) is 10.9 Å². The molecule has 1 aromatic heterocycles. The number of aliphatic imine (C=N–C) groups is 1. The largest absolute Gasteiger partial charge is 0.337 e. The average Bonchev–Trinajstić information content (AvgIpc) is 3.29. The number of nitrogens with zero attached hydrogens (tertiary/aromatic N) is 4. The lowest BCUT2D eigenvalue weighted by Gasteiger charge is -2.16. The zero-order valence-corrected chi connectivity index (χ0v) is 19.0. The minimum absolute atomic E-state index is 0.0396. The highest BCUT2D eigenvalue weighted by atomic mass is 32.2. The molecule has 3 aromatic rings. The van der Waals surface area contributed by atoms with E-state index in [-0.39, 0.29) is 5.91 Å². The molecule has 0 atom stereocenters. The van der Waals surface area contributed by atoms with Gasteiger partial charge in [0.2, 0.25) is 0 Å². The molecule has 1 saturated heterocycles. The van der Waals surface area contributed by atoms with E-state index in [1.54, 1.807) is 18.0 Å². The van der Waals surface area contributed by atoms with Crippen LogP contribution in [0.2, 0.25) is 0 Å². The van der Waals surface area contributed by atoms with Crippen molar-refractivity contribution in [3.8, 4) is 0 Å². The molecule has 1 amide bonds. The second-order valence-electron chi connectivity index (χ2n) is 7.42. The first kappa shape index (κ1) is 20.2. The third-order valence-electron chi connectivity index (χ3n) is 5.37. The summed E-state index contributed by atoms with van der Waals surface area (Å²) < 4.78 is 0. The second kappa shape index (κ2) is 8.40. The van der Waals surface area contributed by atoms with Crippen molar-refractivity contribution in [2.45, 2.75) is 24.7 Å². The number of rotatable bonds is 4. The standard InChI is InChI=1S/C24H22N4OS2/c1-3-4-15-28-22(29)21(23-27(2)19-12-5-6-13-20(19)30-23)31-24(28)26-18-11-7-10-17-16(18)9-8-14-25-17/h5-14H,3-4,15H2,1-2H3. The first-order valence-corrected chi connectivity index (χ1v) is 12.0. The molecular formula is C24H22N4OS2. The van der Waals surface area contributed by atoms with Crippen LogP contribution in [0.4, 0.5) is 11.4 Å². The number of carbonyl (C=O) groups excluding carboxylic acids is 1. The predicted octanol–water partition coefficient (Wildman–Crippen LogP) is 6.01. The molecule has 31 heavy (non-hydrogen) atoms. The van der Waals surface area contributed by atoms with Crippen LogP contribution in [0.15, 0.2) is 80.6 Å². The number of unbranched alkanes of at least 4 members (excludes halogenated alkanes) is 1. The van der Waals surface area contributed by atoms with Crippen LogP contribution in [0.1, 0.15) is 19.8 Å². The SMILES string of the molecule is CCCCN1C(=O)C(=C2Sc3ccccc3N2C)SC1=Nc1cccc2ncccc12. The maximum atomic E-state index is 13.5. The first-order chi connectivity index (χ1) is 15.2. The Labute approximate surface area is 190 Å². The van der Waals surface area contributed by atoms with Crippen LogP contribution in [0.3, 0.4) is 0 Å². The third-order valence-corrected chi connectivity index (χ3v) is 7.80. The summed E-state index contributed by atoms with van der Waals surface area (Å²) in [4.78, 5) is 28.7. The molecule has 0 unspecified atom stereocenters. The van der Waals surface area contributed by atoms with Gasteiger partial charge in [-0.15, -0.1) is 0 Å². The molecule has 3 heterocycles. The number of fused-ring (bicyclic) bond motifs is 2. The van der Waals surface area contributed by atoms with Crippen LogP contribution in [0, 0.1) is 0 Å². The molecule has 2 aliphatic heterocycles. The van der Waals surface area contributed by atoms with E-state index < -0.39 is 0 Å². The Morgan fingerprint density at radius 1 is 1.03 bits per heavy atom. The Bertz CT molecular complexity index is 1230. The molecule has 156 valence electrons. The highest BCUT2D eigenvalue weighted by Gasteiger charge is 2.38. The Balaban J connectivity index is 1.58. The van der Waals surface area contributed by atoms with Crippen molar-refractivity contribution in [3.05, 3.63) is 70.7 Å². The zero-order chi connectivity index (χ0) is 21.4. The van der Waals surface area contributed by atoms with Crippen molar-refractivity contribution in [2.75, 3.05) is 18.5 Å². The van der Waals surface area contributed by atoms with Crippen molar-refractivity contribution in [1.29, 1.82) is 0 Å². The number of hydrogen-bond donors (Lipinski definition) is 0. The zero-order valence-electron chi connectivity index (χ0n) is 17.4. The van der Waals surface area contributed by atoms with Gasteiger partial charge in [-0.1, -0.05) is 43.3 Å². The van der Waals surface area contributed by atoms with E-state index >= 15 is 0 Å². The van der Waals surface area contributed by atoms with Gasteiger partial charge >= 0.3 is 0 Å². The van der Waals surface area contributed by atoms with Gasteiger partial charge < -0.3 is 4.90 Å². The molecule has 2 aliphatic rings. The van der Waals surface area contributed by atoms with Gasteiger partial charge in [0, 0.05) is 30.1 Å². The topological polar surface area (TPSA) is 48.8 Å². The maximum absolute atomic E-state index is 13.5. The summed E-state index contributed by atoms with van der Waals surface area (Å²) in [5, 5.41) is 2.70. The lowest BCUT2D eigenvalue weighted by atomic mass is 10.2. The number of para-hydroxylation sites is 1. The summed E-state index contributed by atoms with van der Waals surface area (Å²) in [5.41, 5.74) is 2.87. The molecule has 0 aliphatic carbocycles. The van der Waals surface area contributed by atoms with Gasteiger partial charge in [-0.2, -0.15) is 0 Å². The normalized spacial score (nSPS) is 19.7. The number of amides is 1. The van der Waals surface area contributed by atoms with Crippen LogP contribution in [-0.2, 0) is 4.79 Å². The Morgan fingerprint density at radius 3 is 2.74 bits per heavy atom. The fourth-order valence-electron chi connectivity index (χ4n) is 3.72. The molecule has 0 saturated carbocycles. The van der Waals surface area contributed by atoms with E-state index in [4.69, 9.17) is 4.99 Å². The van der Waals surface area contributed by atoms with Crippen molar-refractivity contribution in [1.82, 2.24) is 9.88 Å². The molecule has 0 bridgehead atoms. The summed E-state index contributed by atoms with van der Waals surface area (Å²) in [6.45, 7) is 2.81. The Hall–Kier alpha value is -2.77. The van der Waals surface area contributed by atoms with E-state index in [0.717, 1.165) is 50.2 Å². The Morgan fingerprint density at radius 2 is 1.90 bits per heavy atom. The molecule has 1 fully saturated rings. The van der Waals surface area contributed by atoms with Crippen molar-refractivity contribution < 1.29 is 4.79 Å². The lowest BCUT2D eigenvalue weighted by molar-refractivity contribution is -0.122. The summed E-state index contributed by atoms with van der Waals surface area (Å²) in [7, 11) is 2.02. The van der Waals surface area contributed by atoms with Gasteiger partial charge in [-0.25, -0.2) is 4.99 Å². The minimum Gasteiger partial charge on any atom is -0.337 e. The second-order valence-corrected chi connectivity index (χ2v) is 9.43. The number of thioether (sulfide) groups is 2. The van der Waals surface area contributed by atoms with E-state index in [1.807, 2.05) is 54.4 Å². The van der Waals surface area contributed by atoms with Crippen molar-refractivity contribution in [3.63, 3.8) is 0 Å². The third kappa shape index (κ3) is 3.62. The monoisotopic (exact) mass is 446 g/mol. The molecule has 5 nitrogen and oxygen atoms in total. The summed E-state index contributed by atoms with van der Waals surface area (Å²) in [6.07, 6.45) is 3.74. The van der Waals surface area contributed by atoms with E-state index in [9.17, 15) is 4.79 Å². The van der Waals surface area contributed by atoms with Crippen molar-refractivity contribution >= 4 is 56.9 Å². The van der Waals surface area contributed by atoms with Crippen LogP contribution in [-0.4, -0.2) is 34.6 Å². The molecular weight excluding hydrogens is 424 g/mol. The van der Waals surface area contributed by atoms with Gasteiger partial charge in [0.25, 0.3) is 5.91 Å². The minimum atomic E-state index is 0.0396. The van der Waals surface area contributed by atoms with E-state index in [1.165, 1.54) is 16.7 Å². The molecule has 0 spiro atoms. The number of benzene rings is 2. The molecule has 7 heteroatoms. The quantitative estimate of drug-likeness (QED) is 0.460. The molecule has 2 aromatic carbocycles. The van der Waals surface area contributed by atoms with Gasteiger partial charge in [0.1, 0.15) is 4.91 Å². The van der Waals surface area contributed by atoms with Gasteiger partial charge in [0.05, 0.1) is 21.9 Å². The van der Waals surface area contributed by atoms with Crippen LogP contribution >= 0.6 is 23.5 Å². The number of carbonyl (C=O) groups is 1. The van der Waals surface area contributed by atoms with Crippen molar-refractivity contribution in [2.24, 2.45) is 4.99 Å². The van der Waals surface area contributed by atoms with E-state index in [2.05, 4.69) is 28.9 Å². The van der Waals surface area contributed by atoms with Crippen LogP contribution < -0.4 is 4.90 Å². The van der Waals surface area contributed by atoms with Gasteiger partial charge in [-0.3, -0.25) is 14.7 Å². The molecule has 0 radical (unpaired) electrons. The smallest absolute Gasteiger partial charge is 0.269 e. The number of hydrogen-bond acceptors (Lipinski definition) is 6. The summed E-state index contributed by atoms with van der Waals surface area (Å²) >= 11 is 3.13. The summed E-state index contributed by atoms with van der Waals surface area (Å²) in [6, 6.07) is 18.1. The number of amidine groups is 1. The molecule has 0 N–H and O–H groups in total. The average molecular weight is 447 g/mol. The predicted molar refractivity (Wildman–Crippen MR) is 131 cm³/mol. The highest BCUT2D eigenvalue weighted by molar-refractivity contribution is 8.19. The number of pyridine rings is 1. The van der Waals surface area contributed by atoms with Gasteiger partial charge in [0.15, 0.2) is 5.17 Å². The Kier molecular flexibility index (Phi) is 5.46. The lowest BCUT2D eigenvalue weighted by Crippen LogP contribution is -2.30. The summed E-state index contributed by atoms with van der Waals surface area (Å²) in [5.74, 6) is 0.0396. The maximum Gasteiger partial charge on any atom is 0.269 e. The molecule has 5 rings (SSSR count). The highest BCUT2D eigenvalue weighted by Crippen LogP contribution is 2.50. The first-order valence-electron chi connectivity index (χ1n) is 10.3.